The molecule has 13 nitrogen and oxygen atoms in total. The molecule has 13 heteroatoms. The van der Waals surface area contributed by atoms with Crippen LogP contribution in [0.4, 0.5) is 0 Å². The first-order valence-electron chi connectivity index (χ1n) is 10.8. The molecule has 0 radical (unpaired) electrons. The van der Waals surface area contributed by atoms with Crippen molar-refractivity contribution >= 4 is 11.9 Å². The van der Waals surface area contributed by atoms with Gasteiger partial charge in [-0.15, -0.1) is 9.78 Å². The van der Waals surface area contributed by atoms with E-state index in [-0.39, 0.29) is 47.3 Å². The van der Waals surface area contributed by atoms with E-state index in [1.54, 1.807) is 6.92 Å². The SMILES string of the molecule is CCOCC(OOC(=O)c1ccc(OC)c(OC)c1OC)OOC(=O)c1ccc(OC)c(OC)c1OC. The lowest BCUT2D eigenvalue weighted by molar-refractivity contribution is -0.426. The van der Waals surface area contributed by atoms with Gasteiger partial charge in [0.25, 0.3) is 6.29 Å². The minimum absolute atomic E-state index is 0.0256. The van der Waals surface area contributed by atoms with Crippen LogP contribution in [0.5, 0.6) is 34.5 Å². The van der Waals surface area contributed by atoms with Gasteiger partial charge >= 0.3 is 11.9 Å². The molecular formula is C24H30O13. The highest BCUT2D eigenvalue weighted by atomic mass is 17.3. The molecule has 37 heavy (non-hydrogen) atoms. The number of methoxy groups -OCH3 is 6. The summed E-state index contributed by atoms with van der Waals surface area (Å²) >= 11 is 0. The molecule has 0 bridgehead atoms. The van der Waals surface area contributed by atoms with Gasteiger partial charge < -0.3 is 33.2 Å². The zero-order valence-corrected chi connectivity index (χ0v) is 21.6. The molecule has 0 saturated carbocycles. The van der Waals surface area contributed by atoms with Crippen molar-refractivity contribution < 1.29 is 62.3 Å². The second-order valence-electron chi connectivity index (χ2n) is 6.79. The Labute approximate surface area is 213 Å². The van der Waals surface area contributed by atoms with Crippen molar-refractivity contribution in [3.63, 3.8) is 0 Å². The third kappa shape index (κ3) is 7.06. The Bertz CT molecular complexity index is 974. The van der Waals surface area contributed by atoms with Crippen LogP contribution >= 0.6 is 0 Å². The van der Waals surface area contributed by atoms with Crippen molar-refractivity contribution in [2.45, 2.75) is 13.2 Å². The first kappa shape index (κ1) is 29.3. The van der Waals surface area contributed by atoms with Gasteiger partial charge in [0.05, 0.1) is 42.7 Å². The van der Waals surface area contributed by atoms with Crippen LogP contribution in [-0.2, 0) is 24.3 Å². The van der Waals surface area contributed by atoms with Crippen LogP contribution in [0.1, 0.15) is 27.6 Å². The Morgan fingerprint density at radius 1 is 0.622 bits per heavy atom. The smallest absolute Gasteiger partial charge is 0.377 e. The second kappa shape index (κ2) is 14.6. The van der Waals surface area contributed by atoms with Crippen molar-refractivity contribution in [3.05, 3.63) is 35.4 Å². The van der Waals surface area contributed by atoms with E-state index in [1.807, 2.05) is 0 Å². The monoisotopic (exact) mass is 526 g/mol. The number of benzene rings is 2. The highest BCUT2D eigenvalue weighted by Gasteiger charge is 2.27. The molecule has 0 fully saturated rings. The minimum atomic E-state index is -1.44. The molecule has 0 saturated heterocycles. The maximum absolute atomic E-state index is 12.7. The van der Waals surface area contributed by atoms with Crippen molar-refractivity contribution in [1.82, 2.24) is 0 Å². The normalized spacial score (nSPS) is 10.5. The summed E-state index contributed by atoms with van der Waals surface area (Å²) in [5.41, 5.74) is -0.0512. The van der Waals surface area contributed by atoms with Crippen LogP contribution in [0.3, 0.4) is 0 Å². The number of hydrogen-bond acceptors (Lipinski definition) is 13. The third-order valence-corrected chi connectivity index (χ3v) is 4.77. The predicted octanol–water partition coefficient (Wildman–Crippen LogP) is 2.98. The van der Waals surface area contributed by atoms with Gasteiger partial charge in [-0.25, -0.2) is 9.59 Å². The zero-order valence-electron chi connectivity index (χ0n) is 21.6. The summed E-state index contributed by atoms with van der Waals surface area (Å²) < 4.78 is 36.7. The molecule has 0 amide bonds. The number of rotatable bonds is 15. The fourth-order valence-electron chi connectivity index (χ4n) is 3.09. The van der Waals surface area contributed by atoms with Crippen LogP contribution in [0.15, 0.2) is 24.3 Å². The van der Waals surface area contributed by atoms with Gasteiger partial charge in [0.1, 0.15) is 17.7 Å². The summed E-state index contributed by atoms with van der Waals surface area (Å²) in [6.07, 6.45) is -1.44. The maximum atomic E-state index is 12.7. The summed E-state index contributed by atoms with van der Waals surface area (Å²) in [6.45, 7) is 1.75. The highest BCUT2D eigenvalue weighted by molar-refractivity contribution is 5.94. The van der Waals surface area contributed by atoms with E-state index in [1.165, 1.54) is 66.9 Å². The van der Waals surface area contributed by atoms with E-state index in [9.17, 15) is 9.59 Å². The molecule has 0 atom stereocenters. The maximum Gasteiger partial charge on any atom is 0.377 e. The standard InChI is InChI=1S/C24H30O13/c1-8-33-13-18(34-36-23(25)14-9-11-16(27-2)21(31-6)19(14)29-4)35-37-24(26)15-10-12-17(28-3)22(32-7)20(15)30-5/h9-12,18H,8,13H2,1-7H3. The Morgan fingerprint density at radius 3 is 1.35 bits per heavy atom. The van der Waals surface area contributed by atoms with Crippen molar-refractivity contribution in [3.8, 4) is 34.5 Å². The largest absolute Gasteiger partial charge is 0.493 e. The lowest BCUT2D eigenvalue weighted by Gasteiger charge is -2.18. The molecular weight excluding hydrogens is 496 g/mol. The molecule has 0 aliphatic carbocycles. The van der Waals surface area contributed by atoms with Crippen LogP contribution in [0, 0.1) is 0 Å². The Balaban J connectivity index is 2.14. The van der Waals surface area contributed by atoms with Gasteiger partial charge in [0.2, 0.25) is 11.5 Å². The number of carbonyl (C=O) groups is 2. The first-order chi connectivity index (χ1) is 17.9. The lowest BCUT2D eigenvalue weighted by Crippen LogP contribution is -2.27. The van der Waals surface area contributed by atoms with E-state index < -0.39 is 18.2 Å². The van der Waals surface area contributed by atoms with E-state index >= 15 is 0 Å². The molecule has 2 rings (SSSR count). The number of hydrogen-bond donors (Lipinski definition) is 0. The summed E-state index contributed by atoms with van der Waals surface area (Å²) in [5, 5.41) is 0. The summed E-state index contributed by atoms with van der Waals surface area (Å²) in [4.78, 5) is 45.2. The topological polar surface area (TPSA) is 136 Å². The Kier molecular flexibility index (Phi) is 11.5. The van der Waals surface area contributed by atoms with Crippen molar-refractivity contribution in [2.75, 3.05) is 55.9 Å². The Hall–Kier alpha value is -3.94. The van der Waals surface area contributed by atoms with Gasteiger partial charge in [-0.1, -0.05) is 0 Å². The van der Waals surface area contributed by atoms with Gasteiger partial charge in [0.15, 0.2) is 23.0 Å². The van der Waals surface area contributed by atoms with Crippen LogP contribution in [0.2, 0.25) is 0 Å². The average Bonchev–Trinajstić information content (AvgIpc) is 2.94. The predicted molar refractivity (Wildman–Crippen MR) is 125 cm³/mol. The number of ether oxygens (including phenoxy) is 7. The van der Waals surface area contributed by atoms with Gasteiger partial charge in [-0.2, -0.15) is 0 Å². The number of carbonyl (C=O) groups excluding carboxylic acids is 2. The van der Waals surface area contributed by atoms with E-state index in [0.29, 0.717) is 11.5 Å². The third-order valence-electron chi connectivity index (χ3n) is 4.77. The van der Waals surface area contributed by atoms with Gasteiger partial charge in [-0.05, 0) is 31.2 Å². The quantitative estimate of drug-likeness (QED) is 0.191. The van der Waals surface area contributed by atoms with E-state index in [4.69, 9.17) is 52.7 Å². The molecule has 0 spiro atoms. The summed E-state index contributed by atoms with van der Waals surface area (Å²) in [7, 11) is 8.34. The van der Waals surface area contributed by atoms with E-state index in [2.05, 4.69) is 0 Å². The van der Waals surface area contributed by atoms with E-state index in [0.717, 1.165) is 0 Å². The second-order valence-corrected chi connectivity index (χ2v) is 6.79. The summed E-state index contributed by atoms with van der Waals surface area (Å²) in [5.74, 6) is -0.738. The van der Waals surface area contributed by atoms with Gasteiger partial charge in [0, 0.05) is 6.61 Å². The molecule has 0 heterocycles. The van der Waals surface area contributed by atoms with Crippen LogP contribution < -0.4 is 28.4 Å². The van der Waals surface area contributed by atoms with Crippen LogP contribution in [-0.4, -0.2) is 74.1 Å². The molecule has 2 aromatic rings. The van der Waals surface area contributed by atoms with Crippen molar-refractivity contribution in [2.24, 2.45) is 0 Å². The zero-order chi connectivity index (χ0) is 27.4. The molecule has 2 aromatic carbocycles. The average molecular weight is 526 g/mol. The fourth-order valence-corrected chi connectivity index (χ4v) is 3.09. The van der Waals surface area contributed by atoms with Crippen LogP contribution in [0.25, 0.3) is 0 Å². The Morgan fingerprint density at radius 2 is 1.03 bits per heavy atom. The lowest BCUT2D eigenvalue weighted by atomic mass is 10.1. The summed E-state index contributed by atoms with van der Waals surface area (Å²) in [6, 6.07) is 5.77. The minimum Gasteiger partial charge on any atom is -0.493 e. The fraction of sp³-hybridized carbons (Fsp3) is 0.417. The first-order valence-corrected chi connectivity index (χ1v) is 10.8. The highest BCUT2D eigenvalue weighted by Crippen LogP contribution is 2.41. The molecule has 0 unspecified atom stereocenters. The molecule has 0 N–H and O–H groups in total. The molecule has 0 aliphatic heterocycles. The molecule has 0 aliphatic rings. The van der Waals surface area contributed by atoms with Crippen molar-refractivity contribution in [1.29, 1.82) is 0 Å². The van der Waals surface area contributed by atoms with Gasteiger partial charge in [-0.3, -0.25) is 9.78 Å². The molecule has 204 valence electrons. The molecule has 0 aromatic heterocycles.